The van der Waals surface area contributed by atoms with Gasteiger partial charge in [-0.1, -0.05) is 0 Å². The molecule has 6 heteroatoms. The first-order valence-corrected chi connectivity index (χ1v) is 6.02. The molecule has 0 aromatic carbocycles. The molecular formula is C12H16N4O2. The zero-order valence-corrected chi connectivity index (χ0v) is 10.3. The average Bonchev–Trinajstić information content (AvgIpc) is 2.81. The summed E-state index contributed by atoms with van der Waals surface area (Å²) in [6.07, 6.45) is 3.56. The lowest BCUT2D eigenvalue weighted by Gasteiger charge is -2.35. The smallest absolute Gasteiger partial charge is 0.157 e. The van der Waals surface area contributed by atoms with E-state index in [1.165, 1.54) is 0 Å². The van der Waals surface area contributed by atoms with Gasteiger partial charge in [0.25, 0.3) is 0 Å². The molecule has 1 atom stereocenters. The molecule has 6 nitrogen and oxygen atoms in total. The second kappa shape index (κ2) is 4.55. The normalized spacial score (nSPS) is 20.6. The molecule has 18 heavy (non-hydrogen) atoms. The number of hydrogen-bond donors (Lipinski definition) is 1. The first-order valence-electron chi connectivity index (χ1n) is 6.02. The molecule has 0 aliphatic carbocycles. The van der Waals surface area contributed by atoms with Gasteiger partial charge in [0.1, 0.15) is 5.52 Å². The van der Waals surface area contributed by atoms with Crippen LogP contribution in [0.3, 0.4) is 0 Å². The number of fused-ring (bicyclic) bond motifs is 1. The Labute approximate surface area is 105 Å². The van der Waals surface area contributed by atoms with E-state index in [2.05, 4.69) is 14.9 Å². The molecule has 1 aliphatic heterocycles. The maximum Gasteiger partial charge on any atom is 0.157 e. The molecule has 96 valence electrons. The van der Waals surface area contributed by atoms with Gasteiger partial charge in [-0.2, -0.15) is 0 Å². The summed E-state index contributed by atoms with van der Waals surface area (Å²) in [7, 11) is 1.96. The van der Waals surface area contributed by atoms with Crippen LogP contribution >= 0.6 is 0 Å². The van der Waals surface area contributed by atoms with Gasteiger partial charge >= 0.3 is 0 Å². The summed E-state index contributed by atoms with van der Waals surface area (Å²) in [5.41, 5.74) is 1.92. The highest BCUT2D eigenvalue weighted by molar-refractivity contribution is 5.86. The van der Waals surface area contributed by atoms with E-state index in [4.69, 9.17) is 4.74 Å². The predicted molar refractivity (Wildman–Crippen MR) is 67.5 cm³/mol. The van der Waals surface area contributed by atoms with Crippen molar-refractivity contribution >= 4 is 16.9 Å². The third-order valence-electron chi connectivity index (χ3n) is 3.33. The lowest BCUT2D eigenvalue weighted by Crippen LogP contribution is -2.48. The zero-order chi connectivity index (χ0) is 12.5. The Balaban J connectivity index is 2.07. The van der Waals surface area contributed by atoms with E-state index in [0.717, 1.165) is 23.4 Å². The van der Waals surface area contributed by atoms with Crippen LogP contribution in [0.15, 0.2) is 18.6 Å². The Morgan fingerprint density at radius 3 is 3.22 bits per heavy atom. The third kappa shape index (κ3) is 1.74. The number of imidazole rings is 1. The Morgan fingerprint density at radius 2 is 2.39 bits per heavy atom. The van der Waals surface area contributed by atoms with Gasteiger partial charge in [-0.25, -0.2) is 9.97 Å². The van der Waals surface area contributed by atoms with Gasteiger partial charge in [-0.3, -0.25) is 0 Å². The number of aliphatic hydroxyl groups excluding tert-OH is 1. The fourth-order valence-corrected chi connectivity index (χ4v) is 2.34. The van der Waals surface area contributed by atoms with Crippen molar-refractivity contribution in [3.05, 3.63) is 18.6 Å². The van der Waals surface area contributed by atoms with Crippen LogP contribution in [0.5, 0.6) is 0 Å². The van der Waals surface area contributed by atoms with Gasteiger partial charge in [-0.05, 0) is 6.07 Å². The van der Waals surface area contributed by atoms with E-state index < -0.39 is 0 Å². The molecule has 1 N–H and O–H groups in total. The van der Waals surface area contributed by atoms with Gasteiger partial charge in [0.15, 0.2) is 5.82 Å². The highest BCUT2D eigenvalue weighted by atomic mass is 16.5. The lowest BCUT2D eigenvalue weighted by molar-refractivity contribution is 0.0724. The second-order valence-corrected chi connectivity index (χ2v) is 4.46. The van der Waals surface area contributed by atoms with Crippen LogP contribution in [0.4, 0.5) is 5.82 Å². The number of rotatable bonds is 2. The molecular weight excluding hydrogens is 232 g/mol. The topological polar surface area (TPSA) is 63.4 Å². The molecule has 1 aliphatic rings. The minimum absolute atomic E-state index is 0.0427. The van der Waals surface area contributed by atoms with E-state index in [-0.39, 0.29) is 12.6 Å². The third-order valence-corrected chi connectivity index (χ3v) is 3.33. The number of hydrogen-bond acceptors (Lipinski definition) is 5. The Morgan fingerprint density at radius 1 is 1.50 bits per heavy atom. The molecule has 1 saturated heterocycles. The van der Waals surface area contributed by atoms with Crippen LogP contribution in [0.1, 0.15) is 0 Å². The fourth-order valence-electron chi connectivity index (χ4n) is 2.34. The van der Waals surface area contributed by atoms with E-state index in [0.29, 0.717) is 13.2 Å². The number of aryl methyl sites for hydroxylation is 1. The summed E-state index contributed by atoms with van der Waals surface area (Å²) < 4.78 is 7.35. The summed E-state index contributed by atoms with van der Waals surface area (Å²) in [4.78, 5) is 10.9. The predicted octanol–water partition coefficient (Wildman–Crippen LogP) is 0.166. The molecule has 1 fully saturated rings. The molecule has 0 saturated carbocycles. The highest BCUT2D eigenvalue weighted by Gasteiger charge is 2.25. The Hall–Kier alpha value is -1.66. The van der Waals surface area contributed by atoms with E-state index >= 15 is 0 Å². The van der Waals surface area contributed by atoms with Crippen LogP contribution in [-0.4, -0.2) is 52.0 Å². The van der Waals surface area contributed by atoms with Crippen molar-refractivity contribution in [2.75, 3.05) is 31.3 Å². The van der Waals surface area contributed by atoms with Crippen molar-refractivity contribution in [2.24, 2.45) is 7.05 Å². The molecule has 2 aromatic rings. The van der Waals surface area contributed by atoms with Crippen molar-refractivity contribution in [3.8, 4) is 0 Å². The standard InChI is InChI=1S/C12H16N4O2/c1-15-8-14-11-10(15)2-3-13-12(11)16-4-5-18-7-9(16)6-17/h2-3,8-9,17H,4-7H2,1H3. The summed E-state index contributed by atoms with van der Waals surface area (Å²) in [5.74, 6) is 0.829. The van der Waals surface area contributed by atoms with E-state index in [1.54, 1.807) is 12.5 Å². The highest BCUT2D eigenvalue weighted by Crippen LogP contribution is 2.25. The van der Waals surface area contributed by atoms with Crippen LogP contribution < -0.4 is 4.90 Å². The van der Waals surface area contributed by atoms with E-state index in [1.807, 2.05) is 17.7 Å². The maximum absolute atomic E-state index is 9.42. The summed E-state index contributed by atoms with van der Waals surface area (Å²) >= 11 is 0. The van der Waals surface area contributed by atoms with E-state index in [9.17, 15) is 5.11 Å². The van der Waals surface area contributed by atoms with Gasteiger partial charge in [0.05, 0.1) is 37.7 Å². The molecule has 0 spiro atoms. The van der Waals surface area contributed by atoms with Gasteiger partial charge in [0.2, 0.25) is 0 Å². The summed E-state index contributed by atoms with van der Waals surface area (Å²) in [6, 6.07) is 1.90. The average molecular weight is 248 g/mol. The van der Waals surface area contributed by atoms with Crippen LogP contribution in [0, 0.1) is 0 Å². The largest absolute Gasteiger partial charge is 0.394 e. The molecule has 2 aromatic heterocycles. The monoisotopic (exact) mass is 248 g/mol. The number of ether oxygens (including phenoxy) is 1. The molecule has 1 unspecified atom stereocenters. The summed E-state index contributed by atoms with van der Waals surface area (Å²) in [6.45, 7) is 1.97. The minimum atomic E-state index is -0.0427. The molecule has 0 radical (unpaired) electrons. The first kappa shape index (κ1) is 11.4. The summed E-state index contributed by atoms with van der Waals surface area (Å²) in [5, 5.41) is 9.42. The number of anilines is 1. The second-order valence-electron chi connectivity index (χ2n) is 4.46. The zero-order valence-electron chi connectivity index (χ0n) is 10.3. The number of aliphatic hydroxyl groups is 1. The molecule has 0 amide bonds. The van der Waals surface area contributed by atoms with Crippen molar-refractivity contribution < 1.29 is 9.84 Å². The van der Waals surface area contributed by atoms with Gasteiger partial charge in [-0.15, -0.1) is 0 Å². The van der Waals surface area contributed by atoms with Crippen molar-refractivity contribution in [1.29, 1.82) is 0 Å². The van der Waals surface area contributed by atoms with Crippen molar-refractivity contribution in [2.45, 2.75) is 6.04 Å². The number of pyridine rings is 1. The number of nitrogens with zero attached hydrogens (tertiary/aromatic N) is 4. The molecule has 3 rings (SSSR count). The van der Waals surface area contributed by atoms with Crippen LogP contribution in [0.2, 0.25) is 0 Å². The molecule has 3 heterocycles. The number of morpholine rings is 1. The van der Waals surface area contributed by atoms with Crippen molar-refractivity contribution in [1.82, 2.24) is 14.5 Å². The van der Waals surface area contributed by atoms with Gasteiger partial charge in [0, 0.05) is 19.8 Å². The first-order chi connectivity index (χ1) is 8.81. The number of aromatic nitrogens is 3. The Kier molecular flexibility index (Phi) is 2.89. The quantitative estimate of drug-likeness (QED) is 0.820. The lowest BCUT2D eigenvalue weighted by atomic mass is 10.2. The maximum atomic E-state index is 9.42. The Bertz CT molecular complexity index is 554. The van der Waals surface area contributed by atoms with Gasteiger partial charge < -0.3 is 19.3 Å². The fraction of sp³-hybridized carbons (Fsp3) is 0.500. The van der Waals surface area contributed by atoms with Crippen molar-refractivity contribution in [3.63, 3.8) is 0 Å². The van der Waals surface area contributed by atoms with Crippen LogP contribution in [0.25, 0.3) is 11.0 Å². The SMILES string of the molecule is Cn1cnc2c(N3CCOCC3CO)nccc21. The minimum Gasteiger partial charge on any atom is -0.394 e. The molecule has 0 bridgehead atoms. The van der Waals surface area contributed by atoms with Crippen LogP contribution in [-0.2, 0) is 11.8 Å².